The average Bonchev–Trinajstić information content (AvgIpc) is 2.59. The van der Waals surface area contributed by atoms with Crippen LogP contribution in [0.25, 0.3) is 11.0 Å². The van der Waals surface area contributed by atoms with Crippen molar-refractivity contribution >= 4 is 26.8 Å². The maximum Gasteiger partial charge on any atom is 0.270 e. The van der Waals surface area contributed by atoms with Gasteiger partial charge >= 0.3 is 0 Å². The minimum Gasteiger partial charge on any atom is -0.356 e. The van der Waals surface area contributed by atoms with Gasteiger partial charge in [-0.3, -0.25) is 9.59 Å². The van der Waals surface area contributed by atoms with E-state index in [2.05, 4.69) is 15.3 Å². The number of aromatic amines is 1. The molecule has 1 aliphatic rings. The molecule has 3 rings (SSSR count). The van der Waals surface area contributed by atoms with Crippen LogP contribution in [-0.2, 0) is 21.1 Å². The first-order chi connectivity index (χ1) is 11.9. The van der Waals surface area contributed by atoms with E-state index in [4.69, 9.17) is 0 Å². The first kappa shape index (κ1) is 17.6. The lowest BCUT2D eigenvalue weighted by Gasteiger charge is -2.22. The lowest BCUT2D eigenvalue weighted by atomic mass is 10.0. The molecule has 1 fully saturated rings. The van der Waals surface area contributed by atoms with E-state index in [-0.39, 0.29) is 41.7 Å². The normalized spacial score (nSPS) is 17.4. The fourth-order valence-electron chi connectivity index (χ4n) is 2.96. The zero-order chi connectivity index (χ0) is 17.9. The van der Waals surface area contributed by atoms with Crippen LogP contribution in [0.15, 0.2) is 29.1 Å². The molecule has 7 nitrogen and oxygen atoms in total. The highest BCUT2D eigenvalue weighted by Gasteiger charge is 2.23. The Morgan fingerprint density at radius 1 is 1.24 bits per heavy atom. The minimum absolute atomic E-state index is 0.150. The number of carbonyl (C=O) groups excluding carboxylic acids is 1. The first-order valence-electron chi connectivity index (χ1n) is 8.38. The molecule has 1 aromatic carbocycles. The molecule has 0 atom stereocenters. The quantitative estimate of drug-likeness (QED) is 0.816. The SMILES string of the molecule is O=C(CCc1nc2ccccc2[nH]c1=O)NCC1CCS(=O)(=O)CC1. The van der Waals surface area contributed by atoms with Gasteiger partial charge in [0.25, 0.3) is 5.56 Å². The fraction of sp³-hybridized carbons (Fsp3) is 0.471. The zero-order valence-electron chi connectivity index (χ0n) is 13.8. The fourth-order valence-corrected chi connectivity index (χ4v) is 4.55. The number of nitrogens with one attached hydrogen (secondary N) is 2. The molecule has 0 saturated carbocycles. The van der Waals surface area contributed by atoms with Crippen LogP contribution < -0.4 is 10.9 Å². The van der Waals surface area contributed by atoms with Gasteiger partial charge in [-0.25, -0.2) is 13.4 Å². The third-order valence-corrected chi connectivity index (χ3v) is 6.24. The van der Waals surface area contributed by atoms with Gasteiger partial charge in [0.05, 0.1) is 22.5 Å². The Labute approximate surface area is 145 Å². The van der Waals surface area contributed by atoms with Crippen LogP contribution in [0.5, 0.6) is 0 Å². The van der Waals surface area contributed by atoms with Crippen molar-refractivity contribution in [3.8, 4) is 0 Å². The standard InChI is InChI=1S/C17H21N3O4S/c21-16(18-11-12-7-9-25(23,24)10-8-12)6-5-15-17(22)20-14-4-2-1-3-13(14)19-15/h1-4,12H,5-11H2,(H,18,21)(H,20,22). The van der Waals surface area contributed by atoms with Crippen molar-refractivity contribution < 1.29 is 13.2 Å². The molecule has 0 aliphatic carbocycles. The van der Waals surface area contributed by atoms with Crippen molar-refractivity contribution in [1.82, 2.24) is 15.3 Å². The lowest BCUT2D eigenvalue weighted by molar-refractivity contribution is -0.121. The molecule has 0 spiro atoms. The third kappa shape index (κ3) is 4.66. The number of sulfone groups is 1. The van der Waals surface area contributed by atoms with Crippen molar-refractivity contribution in [3.05, 3.63) is 40.3 Å². The Morgan fingerprint density at radius 2 is 1.96 bits per heavy atom. The second-order valence-electron chi connectivity index (χ2n) is 6.43. The van der Waals surface area contributed by atoms with Crippen molar-refractivity contribution in [2.75, 3.05) is 18.1 Å². The number of para-hydroxylation sites is 2. The van der Waals surface area contributed by atoms with E-state index < -0.39 is 9.84 Å². The summed E-state index contributed by atoms with van der Waals surface area (Å²) in [5, 5.41) is 2.83. The number of benzene rings is 1. The van der Waals surface area contributed by atoms with Gasteiger partial charge in [-0.1, -0.05) is 12.1 Å². The Morgan fingerprint density at radius 3 is 2.72 bits per heavy atom. The number of nitrogens with zero attached hydrogens (tertiary/aromatic N) is 1. The molecular formula is C17H21N3O4S. The third-order valence-electron chi connectivity index (χ3n) is 4.52. The lowest BCUT2D eigenvalue weighted by Crippen LogP contribution is -2.34. The summed E-state index contributed by atoms with van der Waals surface area (Å²) in [5.74, 6) is 0.450. The Bertz CT molecular complexity index is 922. The summed E-state index contributed by atoms with van der Waals surface area (Å²) in [4.78, 5) is 31.1. The van der Waals surface area contributed by atoms with Crippen LogP contribution in [-0.4, -0.2) is 42.3 Å². The molecule has 2 aromatic rings. The predicted octanol–water partition coefficient (Wildman–Crippen LogP) is 0.797. The highest BCUT2D eigenvalue weighted by molar-refractivity contribution is 7.91. The highest BCUT2D eigenvalue weighted by Crippen LogP contribution is 2.17. The predicted molar refractivity (Wildman–Crippen MR) is 95.1 cm³/mol. The van der Waals surface area contributed by atoms with Gasteiger partial charge in [0, 0.05) is 19.4 Å². The number of hydrogen-bond donors (Lipinski definition) is 2. The molecule has 0 unspecified atom stereocenters. The van der Waals surface area contributed by atoms with Crippen LogP contribution in [0.4, 0.5) is 0 Å². The number of amides is 1. The Kier molecular flexibility index (Phi) is 5.17. The maximum atomic E-state index is 12.0. The molecule has 1 aromatic heterocycles. The zero-order valence-corrected chi connectivity index (χ0v) is 14.6. The molecule has 2 N–H and O–H groups in total. The van der Waals surface area contributed by atoms with E-state index in [1.807, 2.05) is 18.2 Å². The van der Waals surface area contributed by atoms with Crippen molar-refractivity contribution in [3.63, 3.8) is 0 Å². The molecule has 1 amide bonds. The number of aryl methyl sites for hydroxylation is 1. The molecule has 0 radical (unpaired) electrons. The Balaban J connectivity index is 1.51. The highest BCUT2D eigenvalue weighted by atomic mass is 32.2. The maximum absolute atomic E-state index is 12.0. The summed E-state index contributed by atoms with van der Waals surface area (Å²) in [6.45, 7) is 0.482. The Hall–Kier alpha value is -2.22. The van der Waals surface area contributed by atoms with Gasteiger partial charge in [-0.05, 0) is 30.9 Å². The van der Waals surface area contributed by atoms with Gasteiger partial charge in [0.2, 0.25) is 5.91 Å². The van der Waals surface area contributed by atoms with Gasteiger partial charge in [0.15, 0.2) is 0 Å². The van der Waals surface area contributed by atoms with Gasteiger partial charge in [-0.15, -0.1) is 0 Å². The van der Waals surface area contributed by atoms with Crippen LogP contribution in [0.2, 0.25) is 0 Å². The van der Waals surface area contributed by atoms with Crippen molar-refractivity contribution in [2.24, 2.45) is 5.92 Å². The minimum atomic E-state index is -2.88. The number of H-pyrrole nitrogens is 1. The van der Waals surface area contributed by atoms with E-state index in [9.17, 15) is 18.0 Å². The van der Waals surface area contributed by atoms with Crippen molar-refractivity contribution in [2.45, 2.75) is 25.7 Å². The van der Waals surface area contributed by atoms with Gasteiger partial charge < -0.3 is 10.3 Å². The summed E-state index contributed by atoms with van der Waals surface area (Å²) >= 11 is 0. The first-order valence-corrected chi connectivity index (χ1v) is 10.2. The summed E-state index contributed by atoms with van der Waals surface area (Å²) in [6.07, 6.45) is 1.63. The molecule has 1 aliphatic heterocycles. The van der Waals surface area contributed by atoms with Crippen molar-refractivity contribution in [1.29, 1.82) is 0 Å². The van der Waals surface area contributed by atoms with E-state index in [1.54, 1.807) is 6.07 Å². The number of carbonyl (C=O) groups is 1. The largest absolute Gasteiger partial charge is 0.356 e. The number of fused-ring (bicyclic) bond motifs is 1. The van der Waals surface area contributed by atoms with E-state index in [1.165, 1.54) is 0 Å². The second-order valence-corrected chi connectivity index (χ2v) is 8.73. The van der Waals surface area contributed by atoms with E-state index in [0.717, 1.165) is 0 Å². The topological polar surface area (TPSA) is 109 Å². The summed E-state index contributed by atoms with van der Waals surface area (Å²) in [6, 6.07) is 7.26. The number of hydrogen-bond acceptors (Lipinski definition) is 5. The monoisotopic (exact) mass is 363 g/mol. The van der Waals surface area contributed by atoms with Gasteiger partial charge in [-0.2, -0.15) is 0 Å². The molecule has 25 heavy (non-hydrogen) atoms. The van der Waals surface area contributed by atoms with E-state index >= 15 is 0 Å². The molecular weight excluding hydrogens is 342 g/mol. The second kappa shape index (κ2) is 7.35. The molecule has 1 saturated heterocycles. The molecule has 0 bridgehead atoms. The van der Waals surface area contributed by atoms with Crippen LogP contribution in [0, 0.1) is 5.92 Å². The summed E-state index contributed by atoms with van der Waals surface area (Å²) in [7, 11) is -2.88. The molecule has 8 heteroatoms. The smallest absolute Gasteiger partial charge is 0.270 e. The van der Waals surface area contributed by atoms with Crippen LogP contribution in [0.1, 0.15) is 25.0 Å². The van der Waals surface area contributed by atoms with Crippen LogP contribution >= 0.6 is 0 Å². The molecule has 2 heterocycles. The number of aromatic nitrogens is 2. The summed E-state index contributed by atoms with van der Waals surface area (Å²) < 4.78 is 22.8. The van der Waals surface area contributed by atoms with Gasteiger partial charge in [0.1, 0.15) is 15.5 Å². The molecule has 134 valence electrons. The van der Waals surface area contributed by atoms with Crippen LogP contribution in [0.3, 0.4) is 0 Å². The number of rotatable bonds is 5. The van der Waals surface area contributed by atoms with E-state index in [0.29, 0.717) is 36.1 Å². The summed E-state index contributed by atoms with van der Waals surface area (Å²) in [5.41, 5.74) is 1.44. The average molecular weight is 363 g/mol.